The molecule has 0 aliphatic carbocycles. The van der Waals surface area contributed by atoms with Crippen molar-refractivity contribution in [3.63, 3.8) is 0 Å². The van der Waals surface area contributed by atoms with Gasteiger partial charge in [-0.3, -0.25) is 14.8 Å². The van der Waals surface area contributed by atoms with Gasteiger partial charge in [-0.1, -0.05) is 35.9 Å². The van der Waals surface area contributed by atoms with Crippen LogP contribution in [0, 0.1) is 0 Å². The lowest BCUT2D eigenvalue weighted by molar-refractivity contribution is 0.0953. The summed E-state index contributed by atoms with van der Waals surface area (Å²) in [7, 11) is -2.10. The van der Waals surface area contributed by atoms with Crippen molar-refractivity contribution in [2.45, 2.75) is 31.9 Å². The Morgan fingerprint density at radius 1 is 1.39 bits per heavy atom. The van der Waals surface area contributed by atoms with Gasteiger partial charge in [0.25, 0.3) is 5.91 Å². The van der Waals surface area contributed by atoms with Gasteiger partial charge in [0, 0.05) is 68.4 Å². The summed E-state index contributed by atoms with van der Waals surface area (Å²) in [6, 6.07) is 3.16. The summed E-state index contributed by atoms with van der Waals surface area (Å²) in [5.74, 6) is -0.729. The zero-order valence-electron chi connectivity index (χ0n) is 20.6. The summed E-state index contributed by atoms with van der Waals surface area (Å²) in [6.45, 7) is 3.78. The van der Waals surface area contributed by atoms with E-state index < -0.39 is 15.3 Å². The Hall–Kier alpha value is -3.08. The van der Waals surface area contributed by atoms with Gasteiger partial charge in [-0.15, -0.1) is 0 Å². The number of nitrogens with one attached hydrogen (secondary N) is 2. The second-order valence-corrected chi connectivity index (χ2v) is 9.94. The lowest BCUT2D eigenvalue weighted by Crippen LogP contribution is -2.25. The minimum Gasteiger partial charge on any atom is -0.387 e. The summed E-state index contributed by atoms with van der Waals surface area (Å²) >= 11 is 5.36. The molecule has 36 heavy (non-hydrogen) atoms. The van der Waals surface area contributed by atoms with Gasteiger partial charge in [0.15, 0.2) is 0 Å². The van der Waals surface area contributed by atoms with Crippen LogP contribution in [0.1, 0.15) is 36.3 Å². The van der Waals surface area contributed by atoms with Crippen molar-refractivity contribution in [3.8, 4) is 0 Å². The van der Waals surface area contributed by atoms with Gasteiger partial charge in [-0.25, -0.2) is 17.9 Å². The van der Waals surface area contributed by atoms with Crippen LogP contribution in [0.3, 0.4) is 0 Å². The molecule has 8 nitrogen and oxygen atoms in total. The number of hydrogen-bond acceptors (Lipinski definition) is 6. The maximum atomic E-state index is 13.8. The van der Waals surface area contributed by atoms with Crippen LogP contribution in [0.15, 0.2) is 82.4 Å². The fourth-order valence-corrected chi connectivity index (χ4v) is 3.30. The van der Waals surface area contributed by atoms with Crippen molar-refractivity contribution >= 4 is 33.7 Å². The van der Waals surface area contributed by atoms with Crippen molar-refractivity contribution in [2.24, 2.45) is 10.1 Å². The number of aliphatic imine (C=N–C) groups is 1. The largest absolute Gasteiger partial charge is 0.387 e. The van der Waals surface area contributed by atoms with Crippen LogP contribution in [0.4, 0.5) is 4.39 Å². The van der Waals surface area contributed by atoms with Crippen molar-refractivity contribution in [1.29, 1.82) is 0 Å². The maximum Gasteiger partial charge on any atom is 0.251 e. The molecule has 196 valence electrons. The number of rotatable bonds is 14. The first-order valence-electron chi connectivity index (χ1n) is 11.1. The van der Waals surface area contributed by atoms with Crippen molar-refractivity contribution < 1.29 is 17.6 Å². The van der Waals surface area contributed by atoms with E-state index in [-0.39, 0.29) is 37.7 Å². The SMILES string of the molecule is CN=C\C(C)=C/C=C/C(=C\C(C)S(N)(=O)=O)Cc1cc(C(=O)NCC/C(F)=C\CN/C=C/Cl)ccn1. The third-order valence-corrected chi connectivity index (χ3v) is 6.00. The number of pyridine rings is 1. The van der Waals surface area contributed by atoms with Crippen LogP contribution in [-0.4, -0.2) is 50.9 Å². The molecular weight excluding hydrogens is 505 g/mol. The Balaban J connectivity index is 2.93. The second-order valence-electron chi connectivity index (χ2n) is 7.76. The molecule has 0 bridgehead atoms. The number of amides is 1. The Labute approximate surface area is 217 Å². The van der Waals surface area contributed by atoms with Gasteiger partial charge in [0.2, 0.25) is 10.0 Å². The predicted octanol–water partition coefficient (Wildman–Crippen LogP) is 3.70. The van der Waals surface area contributed by atoms with E-state index >= 15 is 0 Å². The Morgan fingerprint density at radius 2 is 2.14 bits per heavy atom. The second kappa shape index (κ2) is 16.6. The number of allylic oxidation sites excluding steroid dienone is 5. The third-order valence-electron chi connectivity index (χ3n) is 4.70. The molecule has 1 heterocycles. The number of hydrogen-bond donors (Lipinski definition) is 3. The summed E-state index contributed by atoms with van der Waals surface area (Å²) in [5.41, 5.74) is 3.77. The van der Waals surface area contributed by atoms with Crippen LogP contribution in [0.2, 0.25) is 0 Å². The van der Waals surface area contributed by atoms with E-state index in [2.05, 4.69) is 20.6 Å². The van der Waals surface area contributed by atoms with Crippen LogP contribution < -0.4 is 15.8 Å². The van der Waals surface area contributed by atoms with E-state index in [4.69, 9.17) is 16.7 Å². The van der Waals surface area contributed by atoms with E-state index in [0.29, 0.717) is 16.8 Å². The molecule has 0 aliphatic heterocycles. The summed E-state index contributed by atoms with van der Waals surface area (Å²) < 4.78 is 37.3. The minimum absolute atomic E-state index is 0.0504. The molecule has 0 saturated heterocycles. The first-order valence-corrected chi connectivity index (χ1v) is 13.2. The van der Waals surface area contributed by atoms with Gasteiger partial charge in [-0.05, 0) is 43.2 Å². The number of nitrogens with two attached hydrogens (primary N) is 1. The Morgan fingerprint density at radius 3 is 2.81 bits per heavy atom. The smallest absolute Gasteiger partial charge is 0.251 e. The fraction of sp³-hybridized carbons (Fsp3) is 0.320. The Kier molecular flexibility index (Phi) is 14.2. The first kappa shape index (κ1) is 31.0. The lowest BCUT2D eigenvalue weighted by atomic mass is 10.1. The number of sulfonamides is 1. The number of primary sulfonamides is 1. The van der Waals surface area contributed by atoms with Crippen molar-refractivity contribution in [3.05, 3.63) is 88.7 Å². The van der Waals surface area contributed by atoms with Gasteiger partial charge in [0.1, 0.15) is 0 Å². The molecule has 1 aromatic heterocycles. The minimum atomic E-state index is -3.77. The van der Waals surface area contributed by atoms with E-state index in [0.717, 1.165) is 5.57 Å². The molecule has 0 aliphatic rings. The normalized spacial score (nSPS) is 14.7. The van der Waals surface area contributed by atoms with Gasteiger partial charge in [-0.2, -0.15) is 0 Å². The molecule has 11 heteroatoms. The van der Waals surface area contributed by atoms with Gasteiger partial charge >= 0.3 is 0 Å². The monoisotopic (exact) mass is 537 g/mol. The zero-order valence-corrected chi connectivity index (χ0v) is 22.2. The van der Waals surface area contributed by atoms with E-state index in [1.54, 1.807) is 43.6 Å². The predicted molar refractivity (Wildman–Crippen MR) is 145 cm³/mol. The number of carbonyl (C=O) groups excluding carboxylic acids is 1. The maximum absolute atomic E-state index is 13.8. The van der Waals surface area contributed by atoms with E-state index in [1.807, 2.05) is 13.0 Å². The molecule has 1 unspecified atom stereocenters. The molecule has 0 spiro atoms. The topological polar surface area (TPSA) is 127 Å². The molecule has 4 N–H and O–H groups in total. The molecule has 1 rings (SSSR count). The summed E-state index contributed by atoms with van der Waals surface area (Å²) in [5, 5.41) is 9.81. The molecule has 0 aromatic carbocycles. The summed E-state index contributed by atoms with van der Waals surface area (Å²) in [4.78, 5) is 20.8. The van der Waals surface area contributed by atoms with Crippen LogP contribution >= 0.6 is 11.6 Å². The molecule has 1 aromatic rings. The number of nitrogens with zero attached hydrogens (tertiary/aromatic N) is 2. The average molecular weight is 538 g/mol. The first-order chi connectivity index (χ1) is 17.1. The van der Waals surface area contributed by atoms with E-state index in [1.165, 1.54) is 30.9 Å². The quantitative estimate of drug-likeness (QED) is 0.189. The fourth-order valence-electron chi connectivity index (χ4n) is 2.85. The van der Waals surface area contributed by atoms with Crippen LogP contribution in [0.25, 0.3) is 0 Å². The lowest BCUT2D eigenvalue weighted by Gasteiger charge is -2.09. The number of carbonyl (C=O) groups is 1. The van der Waals surface area contributed by atoms with Crippen molar-refractivity contribution in [2.75, 3.05) is 20.1 Å². The highest BCUT2D eigenvalue weighted by Crippen LogP contribution is 2.13. The van der Waals surface area contributed by atoms with Crippen LogP contribution in [0.5, 0.6) is 0 Å². The van der Waals surface area contributed by atoms with Crippen LogP contribution in [-0.2, 0) is 16.4 Å². The van der Waals surface area contributed by atoms with E-state index in [9.17, 15) is 17.6 Å². The highest BCUT2D eigenvalue weighted by atomic mass is 35.5. The third kappa shape index (κ3) is 13.1. The molecule has 1 amide bonds. The van der Waals surface area contributed by atoms with Crippen molar-refractivity contribution in [1.82, 2.24) is 15.6 Å². The molecule has 0 fully saturated rings. The Bertz CT molecular complexity index is 1160. The molecule has 1 atom stereocenters. The standard InChI is InChI=1S/C25H33ClFN5O3S/c1-19(18-29-3)5-4-6-21(15-20(2)36(28,34)35)16-24-17-22(7-12-31-24)25(33)32-13-9-23(27)8-11-30-14-10-26/h4-8,10,12,14-15,17-18,20,30H,9,11,13,16H2,1-3H3,(H,32,33)(H2,28,34,35)/b6-4+,14-10+,19-5-,21-15+,23-8+,29-18?. The average Bonchev–Trinajstić information content (AvgIpc) is 2.81. The number of halogens is 2. The highest BCUT2D eigenvalue weighted by Gasteiger charge is 2.14. The van der Waals surface area contributed by atoms with Gasteiger partial charge < -0.3 is 10.6 Å². The number of aromatic nitrogens is 1. The molecule has 0 radical (unpaired) electrons. The summed E-state index contributed by atoms with van der Waals surface area (Å²) in [6.07, 6.45) is 13.3. The van der Waals surface area contributed by atoms with Gasteiger partial charge in [0.05, 0.1) is 11.1 Å². The highest BCUT2D eigenvalue weighted by molar-refractivity contribution is 7.89. The zero-order chi connectivity index (χ0) is 27.0. The molecular formula is C25H33ClFN5O3S. The molecule has 0 saturated carbocycles.